The van der Waals surface area contributed by atoms with Gasteiger partial charge in [-0.15, -0.1) is 0 Å². The van der Waals surface area contributed by atoms with Crippen LogP contribution in [0.5, 0.6) is 0 Å². The third-order valence-corrected chi connectivity index (χ3v) is 2.21. The molecule has 0 aliphatic carbocycles. The summed E-state index contributed by atoms with van der Waals surface area (Å²) in [5.41, 5.74) is 0. The molecule has 0 radical (unpaired) electrons. The van der Waals surface area contributed by atoms with Crippen LogP contribution in [0.15, 0.2) is 0 Å². The summed E-state index contributed by atoms with van der Waals surface area (Å²) in [6.45, 7) is 4.74. The molecule has 1 heterocycles. The van der Waals surface area contributed by atoms with Crippen LogP contribution in [0, 0.1) is 5.92 Å². The Kier molecular flexibility index (Phi) is 2.69. The maximum absolute atomic E-state index is 9.24. The van der Waals surface area contributed by atoms with Gasteiger partial charge in [0, 0.05) is 6.61 Å². The smallest absolute Gasteiger partial charge is 0.0550 e. The van der Waals surface area contributed by atoms with Gasteiger partial charge >= 0.3 is 0 Å². The van der Waals surface area contributed by atoms with Crippen LogP contribution >= 0.6 is 0 Å². The van der Waals surface area contributed by atoms with Crippen LogP contribution in [0.4, 0.5) is 0 Å². The van der Waals surface area contributed by atoms with Crippen molar-refractivity contribution in [2.45, 2.75) is 38.9 Å². The third-order valence-electron chi connectivity index (χ3n) is 2.21. The first kappa shape index (κ1) is 8.02. The molecule has 0 unspecified atom stereocenters. The van der Waals surface area contributed by atoms with Gasteiger partial charge in [-0.25, -0.2) is 0 Å². The number of hydrogen-bond acceptors (Lipinski definition) is 2. The van der Waals surface area contributed by atoms with Crippen LogP contribution in [0.1, 0.15) is 26.7 Å². The SMILES string of the molecule is C[C@@H]1C[C@@H]([C@@H](C)O)CCO1. The van der Waals surface area contributed by atoms with Gasteiger partial charge in [0.15, 0.2) is 0 Å². The fraction of sp³-hybridized carbons (Fsp3) is 1.00. The van der Waals surface area contributed by atoms with Crippen LogP contribution < -0.4 is 0 Å². The molecule has 2 heteroatoms. The monoisotopic (exact) mass is 144 g/mol. The van der Waals surface area contributed by atoms with Gasteiger partial charge in [0.2, 0.25) is 0 Å². The van der Waals surface area contributed by atoms with Crippen LogP contribution in [0.2, 0.25) is 0 Å². The minimum atomic E-state index is -0.161. The summed E-state index contributed by atoms with van der Waals surface area (Å²) in [5, 5.41) is 9.24. The topological polar surface area (TPSA) is 29.5 Å². The van der Waals surface area contributed by atoms with E-state index in [1.807, 2.05) is 6.92 Å². The lowest BCUT2D eigenvalue weighted by atomic mass is 9.92. The molecule has 60 valence electrons. The number of ether oxygens (including phenoxy) is 1. The van der Waals surface area contributed by atoms with Crippen LogP contribution in [-0.4, -0.2) is 23.9 Å². The second-order valence-electron chi connectivity index (χ2n) is 3.21. The highest BCUT2D eigenvalue weighted by Crippen LogP contribution is 2.22. The average molecular weight is 144 g/mol. The summed E-state index contributed by atoms with van der Waals surface area (Å²) in [7, 11) is 0. The lowest BCUT2D eigenvalue weighted by molar-refractivity contribution is -0.0305. The molecule has 0 aromatic carbocycles. The van der Waals surface area contributed by atoms with Crippen molar-refractivity contribution in [3.05, 3.63) is 0 Å². The summed E-state index contributed by atoms with van der Waals surface area (Å²) >= 11 is 0. The zero-order valence-electron chi connectivity index (χ0n) is 6.71. The molecule has 0 saturated carbocycles. The molecule has 3 atom stereocenters. The van der Waals surface area contributed by atoms with E-state index in [9.17, 15) is 5.11 Å². The largest absolute Gasteiger partial charge is 0.393 e. The van der Waals surface area contributed by atoms with E-state index in [-0.39, 0.29) is 6.10 Å². The zero-order valence-corrected chi connectivity index (χ0v) is 6.71. The Balaban J connectivity index is 2.32. The Labute approximate surface area is 62.2 Å². The van der Waals surface area contributed by atoms with E-state index in [2.05, 4.69) is 6.92 Å². The molecule has 1 N–H and O–H groups in total. The predicted octanol–water partition coefficient (Wildman–Crippen LogP) is 1.18. The number of aliphatic hydroxyl groups excluding tert-OH is 1. The summed E-state index contributed by atoms with van der Waals surface area (Å²) in [6, 6.07) is 0. The molecule has 2 nitrogen and oxygen atoms in total. The van der Waals surface area contributed by atoms with E-state index in [1.165, 1.54) is 0 Å². The first-order chi connectivity index (χ1) is 4.70. The zero-order chi connectivity index (χ0) is 7.56. The fourth-order valence-electron chi connectivity index (χ4n) is 1.47. The molecule has 0 spiro atoms. The lowest BCUT2D eigenvalue weighted by Crippen LogP contribution is -2.29. The van der Waals surface area contributed by atoms with Gasteiger partial charge in [-0.1, -0.05) is 0 Å². The van der Waals surface area contributed by atoms with Crippen molar-refractivity contribution >= 4 is 0 Å². The minimum Gasteiger partial charge on any atom is -0.393 e. The second kappa shape index (κ2) is 3.35. The van der Waals surface area contributed by atoms with Crippen LogP contribution in [-0.2, 0) is 4.74 Å². The van der Waals surface area contributed by atoms with Gasteiger partial charge in [-0.3, -0.25) is 0 Å². The van der Waals surface area contributed by atoms with Crippen LogP contribution in [0.25, 0.3) is 0 Å². The van der Waals surface area contributed by atoms with Crippen LogP contribution in [0.3, 0.4) is 0 Å². The van der Waals surface area contributed by atoms with E-state index in [0.29, 0.717) is 12.0 Å². The first-order valence-corrected chi connectivity index (χ1v) is 4.00. The standard InChI is InChI=1S/C8H16O2/c1-6-5-8(7(2)9)3-4-10-6/h6-9H,3-5H2,1-2H3/t6-,7-,8+/m1/s1. The Morgan fingerprint density at radius 2 is 2.30 bits per heavy atom. The normalized spacial score (nSPS) is 37.5. The molecular weight excluding hydrogens is 128 g/mol. The number of rotatable bonds is 1. The van der Waals surface area contributed by atoms with Crippen molar-refractivity contribution in [2.75, 3.05) is 6.61 Å². The Morgan fingerprint density at radius 3 is 2.70 bits per heavy atom. The molecule has 0 bridgehead atoms. The van der Waals surface area contributed by atoms with Gasteiger partial charge in [0.05, 0.1) is 12.2 Å². The highest BCUT2D eigenvalue weighted by Gasteiger charge is 2.22. The van der Waals surface area contributed by atoms with Crippen molar-refractivity contribution in [1.29, 1.82) is 0 Å². The Hall–Kier alpha value is -0.0800. The summed E-state index contributed by atoms with van der Waals surface area (Å²) < 4.78 is 5.35. The van der Waals surface area contributed by atoms with Crippen molar-refractivity contribution in [3.8, 4) is 0 Å². The van der Waals surface area contributed by atoms with Crippen molar-refractivity contribution < 1.29 is 9.84 Å². The third kappa shape index (κ3) is 1.96. The molecular formula is C8H16O2. The van der Waals surface area contributed by atoms with E-state index in [1.54, 1.807) is 0 Å². The van der Waals surface area contributed by atoms with E-state index < -0.39 is 0 Å². The maximum Gasteiger partial charge on any atom is 0.0550 e. The number of aliphatic hydroxyl groups is 1. The average Bonchev–Trinajstić information content (AvgIpc) is 1.88. The van der Waals surface area contributed by atoms with E-state index in [4.69, 9.17) is 4.74 Å². The van der Waals surface area contributed by atoms with E-state index >= 15 is 0 Å². The van der Waals surface area contributed by atoms with Gasteiger partial charge in [0.1, 0.15) is 0 Å². The quantitative estimate of drug-likeness (QED) is 0.599. The second-order valence-corrected chi connectivity index (χ2v) is 3.21. The first-order valence-electron chi connectivity index (χ1n) is 4.00. The summed E-state index contributed by atoms with van der Waals surface area (Å²) in [5.74, 6) is 0.462. The van der Waals surface area contributed by atoms with Crippen molar-refractivity contribution in [2.24, 2.45) is 5.92 Å². The van der Waals surface area contributed by atoms with Gasteiger partial charge in [0.25, 0.3) is 0 Å². The summed E-state index contributed by atoms with van der Waals surface area (Å²) in [6.07, 6.45) is 2.21. The molecule has 10 heavy (non-hydrogen) atoms. The van der Waals surface area contributed by atoms with Gasteiger partial charge in [-0.05, 0) is 32.6 Å². The van der Waals surface area contributed by atoms with Crippen molar-refractivity contribution in [3.63, 3.8) is 0 Å². The highest BCUT2D eigenvalue weighted by molar-refractivity contribution is 4.72. The van der Waals surface area contributed by atoms with Gasteiger partial charge < -0.3 is 9.84 Å². The van der Waals surface area contributed by atoms with Gasteiger partial charge in [-0.2, -0.15) is 0 Å². The molecule has 1 fully saturated rings. The Bertz CT molecular complexity index is 101. The molecule has 1 aliphatic rings. The summed E-state index contributed by atoms with van der Waals surface area (Å²) in [4.78, 5) is 0. The molecule has 1 aliphatic heterocycles. The molecule has 0 amide bonds. The van der Waals surface area contributed by atoms with Crippen molar-refractivity contribution in [1.82, 2.24) is 0 Å². The van der Waals surface area contributed by atoms with E-state index in [0.717, 1.165) is 19.4 Å². The maximum atomic E-state index is 9.24. The molecule has 1 rings (SSSR count). The minimum absolute atomic E-state index is 0.161. The molecule has 0 aromatic heterocycles. The predicted molar refractivity (Wildman–Crippen MR) is 39.8 cm³/mol. The number of hydrogen-bond donors (Lipinski definition) is 1. The molecule has 0 aromatic rings. The fourth-order valence-corrected chi connectivity index (χ4v) is 1.47. The lowest BCUT2D eigenvalue weighted by Gasteiger charge is -2.28. The molecule has 1 saturated heterocycles. The highest BCUT2D eigenvalue weighted by atomic mass is 16.5. The Morgan fingerprint density at radius 1 is 1.60 bits per heavy atom.